The van der Waals surface area contributed by atoms with Crippen LogP contribution in [0.15, 0.2) is 6.07 Å². The summed E-state index contributed by atoms with van der Waals surface area (Å²) >= 11 is 5.49. The third kappa shape index (κ3) is 2.05. The highest BCUT2D eigenvalue weighted by atomic mass is 35.5. The minimum atomic E-state index is -2.76. The predicted octanol–water partition coefficient (Wildman–Crippen LogP) is 1.94. The van der Waals surface area contributed by atoms with Crippen LogP contribution in [0.25, 0.3) is 0 Å². The summed E-state index contributed by atoms with van der Waals surface area (Å²) in [5, 5.41) is -0.0913. The van der Waals surface area contributed by atoms with Crippen LogP contribution in [0, 0.1) is 0 Å². The molecular formula is C8H7ClF2N2O. The number of pyridine rings is 1. The van der Waals surface area contributed by atoms with Gasteiger partial charge in [0, 0.05) is 17.7 Å². The van der Waals surface area contributed by atoms with E-state index in [2.05, 4.69) is 4.98 Å². The summed E-state index contributed by atoms with van der Waals surface area (Å²) in [6.07, 6.45) is -2.45. The zero-order valence-corrected chi connectivity index (χ0v) is 7.76. The third-order valence-corrected chi connectivity index (χ3v) is 1.88. The van der Waals surface area contributed by atoms with Gasteiger partial charge in [-0.05, 0) is 6.07 Å². The van der Waals surface area contributed by atoms with Crippen LogP contribution in [0.4, 0.5) is 8.78 Å². The smallest absolute Gasteiger partial charge is 0.264 e. The topological polar surface area (TPSA) is 56.0 Å². The number of carbonyl (C=O) groups is 1. The van der Waals surface area contributed by atoms with Crippen LogP contribution in [0.3, 0.4) is 0 Å². The van der Waals surface area contributed by atoms with Crippen molar-refractivity contribution in [3.63, 3.8) is 0 Å². The van der Waals surface area contributed by atoms with E-state index in [4.69, 9.17) is 17.3 Å². The van der Waals surface area contributed by atoms with E-state index in [0.717, 1.165) is 6.07 Å². The minimum Gasteiger partial charge on any atom is -0.325 e. The fraction of sp³-hybridized carbons (Fsp3) is 0.250. The Hall–Kier alpha value is -1.07. The SMILES string of the molecule is NCc1nc(Cl)cc(C(F)F)c1C=O. The number of nitrogens with two attached hydrogens (primary N) is 1. The number of aldehydes is 1. The monoisotopic (exact) mass is 220 g/mol. The zero-order chi connectivity index (χ0) is 10.7. The number of halogens is 3. The van der Waals surface area contributed by atoms with Gasteiger partial charge in [-0.25, -0.2) is 13.8 Å². The molecule has 0 aliphatic rings. The van der Waals surface area contributed by atoms with Crippen molar-refractivity contribution in [2.24, 2.45) is 5.73 Å². The van der Waals surface area contributed by atoms with Crippen molar-refractivity contribution in [1.29, 1.82) is 0 Å². The highest BCUT2D eigenvalue weighted by Gasteiger charge is 2.17. The summed E-state index contributed by atoms with van der Waals surface area (Å²) in [5.74, 6) is 0. The molecule has 1 heterocycles. The lowest BCUT2D eigenvalue weighted by molar-refractivity contribution is 0.110. The molecule has 3 nitrogen and oxygen atoms in total. The van der Waals surface area contributed by atoms with Gasteiger partial charge in [0.2, 0.25) is 0 Å². The van der Waals surface area contributed by atoms with Gasteiger partial charge in [0.05, 0.1) is 5.69 Å². The van der Waals surface area contributed by atoms with Crippen LogP contribution in [-0.4, -0.2) is 11.3 Å². The first-order valence-corrected chi connectivity index (χ1v) is 4.10. The lowest BCUT2D eigenvalue weighted by Crippen LogP contribution is -2.08. The van der Waals surface area contributed by atoms with Gasteiger partial charge in [0.25, 0.3) is 6.43 Å². The van der Waals surface area contributed by atoms with Crippen molar-refractivity contribution >= 4 is 17.9 Å². The Kier molecular flexibility index (Phi) is 3.49. The fourth-order valence-electron chi connectivity index (χ4n) is 1.07. The van der Waals surface area contributed by atoms with Crippen molar-refractivity contribution in [2.75, 3.05) is 0 Å². The standard InChI is InChI=1S/C8H7ClF2N2O/c9-7-1-4(8(10)11)5(3-14)6(2-12)13-7/h1,3,8H,2,12H2. The van der Waals surface area contributed by atoms with Crippen LogP contribution >= 0.6 is 11.6 Å². The maximum absolute atomic E-state index is 12.4. The van der Waals surface area contributed by atoms with Gasteiger partial charge in [0.15, 0.2) is 6.29 Å². The number of nitrogens with zero attached hydrogens (tertiary/aromatic N) is 1. The highest BCUT2D eigenvalue weighted by Crippen LogP contribution is 2.25. The second kappa shape index (κ2) is 4.43. The molecule has 0 aliphatic heterocycles. The third-order valence-electron chi connectivity index (χ3n) is 1.68. The molecule has 0 aliphatic carbocycles. The lowest BCUT2D eigenvalue weighted by atomic mass is 10.1. The fourth-order valence-corrected chi connectivity index (χ4v) is 1.29. The second-order valence-electron chi connectivity index (χ2n) is 2.52. The van der Waals surface area contributed by atoms with Crippen LogP contribution in [-0.2, 0) is 6.54 Å². The zero-order valence-electron chi connectivity index (χ0n) is 7.01. The Labute approximate surface area is 83.9 Å². The summed E-state index contributed by atoms with van der Waals surface area (Å²) in [7, 11) is 0. The molecule has 6 heteroatoms. The van der Waals surface area contributed by atoms with Gasteiger partial charge >= 0.3 is 0 Å². The Balaban J connectivity index is 3.39. The molecule has 0 unspecified atom stereocenters. The maximum Gasteiger partial charge on any atom is 0.264 e. The molecule has 76 valence electrons. The molecule has 0 bridgehead atoms. The van der Waals surface area contributed by atoms with E-state index in [1.165, 1.54) is 0 Å². The highest BCUT2D eigenvalue weighted by molar-refractivity contribution is 6.29. The quantitative estimate of drug-likeness (QED) is 0.626. The molecule has 0 atom stereocenters. The van der Waals surface area contributed by atoms with Crippen molar-refractivity contribution in [1.82, 2.24) is 4.98 Å². The lowest BCUT2D eigenvalue weighted by Gasteiger charge is -2.07. The number of hydrogen-bond acceptors (Lipinski definition) is 3. The Morgan fingerprint density at radius 2 is 2.29 bits per heavy atom. The van der Waals surface area contributed by atoms with E-state index in [-0.39, 0.29) is 23.0 Å². The first-order valence-electron chi connectivity index (χ1n) is 3.72. The molecule has 2 N–H and O–H groups in total. The number of aromatic nitrogens is 1. The number of hydrogen-bond donors (Lipinski definition) is 1. The van der Waals surface area contributed by atoms with Crippen molar-refractivity contribution < 1.29 is 13.6 Å². The molecule has 0 saturated carbocycles. The van der Waals surface area contributed by atoms with Crippen LogP contribution in [0.5, 0.6) is 0 Å². The molecule has 0 spiro atoms. The summed E-state index contributed by atoms with van der Waals surface area (Å²) in [4.78, 5) is 14.2. The van der Waals surface area contributed by atoms with E-state index in [9.17, 15) is 13.6 Å². The summed E-state index contributed by atoms with van der Waals surface area (Å²) in [6.45, 7) is -0.103. The average Bonchev–Trinajstić information content (AvgIpc) is 2.16. The Morgan fingerprint density at radius 3 is 2.71 bits per heavy atom. The van der Waals surface area contributed by atoms with Crippen LogP contribution in [0.1, 0.15) is 28.0 Å². The first kappa shape index (κ1) is 11.0. The average molecular weight is 221 g/mol. The second-order valence-corrected chi connectivity index (χ2v) is 2.90. The summed E-state index contributed by atoms with van der Waals surface area (Å²) in [5.41, 5.74) is 4.72. The van der Waals surface area contributed by atoms with E-state index in [0.29, 0.717) is 6.29 Å². The molecule has 0 saturated heterocycles. The molecule has 0 fully saturated rings. The Morgan fingerprint density at radius 1 is 1.64 bits per heavy atom. The summed E-state index contributed by atoms with van der Waals surface area (Å²) in [6, 6.07) is 0.967. The molecule has 14 heavy (non-hydrogen) atoms. The number of rotatable bonds is 3. The van der Waals surface area contributed by atoms with E-state index < -0.39 is 12.0 Å². The van der Waals surface area contributed by atoms with Crippen molar-refractivity contribution in [3.8, 4) is 0 Å². The Bertz CT molecular complexity index is 357. The molecular weight excluding hydrogens is 214 g/mol. The number of alkyl halides is 2. The predicted molar refractivity (Wildman–Crippen MR) is 47.5 cm³/mol. The van der Waals surface area contributed by atoms with Crippen molar-refractivity contribution in [2.45, 2.75) is 13.0 Å². The van der Waals surface area contributed by atoms with Crippen LogP contribution in [0.2, 0.25) is 5.15 Å². The van der Waals surface area contributed by atoms with E-state index >= 15 is 0 Å². The van der Waals surface area contributed by atoms with Crippen LogP contribution < -0.4 is 5.73 Å². The van der Waals surface area contributed by atoms with Gasteiger partial charge in [0.1, 0.15) is 5.15 Å². The van der Waals surface area contributed by atoms with Gasteiger partial charge in [-0.2, -0.15) is 0 Å². The van der Waals surface area contributed by atoms with Gasteiger partial charge in [-0.15, -0.1) is 0 Å². The van der Waals surface area contributed by atoms with Crippen molar-refractivity contribution in [3.05, 3.63) is 28.0 Å². The number of carbonyl (C=O) groups excluding carboxylic acids is 1. The minimum absolute atomic E-state index is 0.0859. The summed E-state index contributed by atoms with van der Waals surface area (Å²) < 4.78 is 24.8. The van der Waals surface area contributed by atoms with E-state index in [1.54, 1.807) is 0 Å². The van der Waals surface area contributed by atoms with Gasteiger partial charge < -0.3 is 5.73 Å². The van der Waals surface area contributed by atoms with E-state index in [1.807, 2.05) is 0 Å². The van der Waals surface area contributed by atoms with Gasteiger partial charge in [-0.3, -0.25) is 4.79 Å². The molecule has 0 amide bonds. The normalized spacial score (nSPS) is 10.6. The molecule has 1 rings (SSSR count). The maximum atomic E-state index is 12.4. The first-order chi connectivity index (χ1) is 6.60. The largest absolute Gasteiger partial charge is 0.325 e. The molecule has 1 aromatic rings. The molecule has 0 radical (unpaired) electrons. The molecule has 0 aromatic carbocycles. The molecule has 1 aromatic heterocycles. The van der Waals surface area contributed by atoms with Gasteiger partial charge in [-0.1, -0.05) is 11.6 Å².